The number of nitrogens with two attached hydrogens (primary N) is 2. The maximum Gasteiger partial charge on any atom is 0.316 e. The molecule has 0 atom stereocenters. The molecule has 2 aromatic rings. The fraction of sp³-hybridized carbons (Fsp3) is 0.0769. The van der Waals surface area contributed by atoms with Gasteiger partial charge in [-0.3, -0.25) is 0 Å². The first-order chi connectivity index (χ1) is 8.97. The minimum Gasteiger partial charge on any atom is -0.384 e. The summed E-state index contributed by atoms with van der Waals surface area (Å²) in [5.74, 6) is 0.401. The van der Waals surface area contributed by atoms with Gasteiger partial charge in [-0.05, 0) is 36.2 Å². The molecule has 0 saturated heterocycles. The van der Waals surface area contributed by atoms with Crippen molar-refractivity contribution in [2.75, 3.05) is 11.1 Å². The Morgan fingerprint density at radius 1 is 1.32 bits per heavy atom. The van der Waals surface area contributed by atoms with E-state index in [0.717, 1.165) is 16.7 Å². The first kappa shape index (κ1) is 13.2. The lowest BCUT2D eigenvalue weighted by molar-refractivity contribution is 0.259. The molecule has 2 rings (SSSR count). The van der Waals surface area contributed by atoms with Crippen molar-refractivity contribution < 1.29 is 4.79 Å². The van der Waals surface area contributed by atoms with Gasteiger partial charge in [0, 0.05) is 17.4 Å². The van der Waals surface area contributed by atoms with Crippen molar-refractivity contribution in [3.8, 4) is 11.1 Å². The van der Waals surface area contributed by atoms with E-state index in [1.807, 2.05) is 19.1 Å². The van der Waals surface area contributed by atoms with E-state index in [1.165, 1.54) is 6.20 Å². The Bertz CT molecular complexity index is 643. The van der Waals surface area contributed by atoms with E-state index < -0.39 is 6.03 Å². The lowest BCUT2D eigenvalue weighted by Gasteiger charge is -2.10. The molecule has 1 heterocycles. The largest absolute Gasteiger partial charge is 0.384 e. The fourth-order valence-electron chi connectivity index (χ4n) is 1.85. The number of nitrogen functional groups attached to an aromatic ring is 1. The second-order valence-corrected chi connectivity index (χ2v) is 4.52. The molecule has 6 heteroatoms. The third kappa shape index (κ3) is 2.95. The molecule has 0 aliphatic carbocycles. The van der Waals surface area contributed by atoms with Gasteiger partial charge < -0.3 is 16.8 Å². The number of anilines is 2. The number of primary amides is 1. The maximum atomic E-state index is 10.8. The van der Waals surface area contributed by atoms with Gasteiger partial charge in [0.15, 0.2) is 0 Å². The second-order valence-electron chi connectivity index (χ2n) is 4.11. The summed E-state index contributed by atoms with van der Waals surface area (Å²) in [6, 6.07) is 6.53. The summed E-state index contributed by atoms with van der Waals surface area (Å²) < 4.78 is 0. The number of carbonyl (C=O) groups excluding carboxylic acids is 1. The van der Waals surface area contributed by atoms with Gasteiger partial charge in [0.05, 0.1) is 5.02 Å². The van der Waals surface area contributed by atoms with E-state index in [2.05, 4.69) is 10.3 Å². The molecule has 0 spiro atoms. The highest BCUT2D eigenvalue weighted by atomic mass is 35.5. The number of amides is 2. The van der Waals surface area contributed by atoms with E-state index in [-0.39, 0.29) is 0 Å². The zero-order chi connectivity index (χ0) is 14.0. The van der Waals surface area contributed by atoms with Crippen LogP contribution in [-0.2, 0) is 0 Å². The number of nitrogens with one attached hydrogen (secondary N) is 1. The molecule has 0 saturated carbocycles. The average Bonchev–Trinajstić information content (AvgIpc) is 2.32. The number of aryl methyl sites for hydroxylation is 1. The summed E-state index contributed by atoms with van der Waals surface area (Å²) in [5.41, 5.74) is 14.0. The van der Waals surface area contributed by atoms with Crippen LogP contribution in [0.2, 0.25) is 5.02 Å². The second kappa shape index (κ2) is 5.16. The maximum absolute atomic E-state index is 10.8. The van der Waals surface area contributed by atoms with Crippen molar-refractivity contribution in [1.29, 1.82) is 0 Å². The lowest BCUT2D eigenvalue weighted by Crippen LogP contribution is -2.19. The van der Waals surface area contributed by atoms with Crippen molar-refractivity contribution in [2.24, 2.45) is 5.73 Å². The Kier molecular flexibility index (Phi) is 3.57. The van der Waals surface area contributed by atoms with Crippen molar-refractivity contribution in [3.63, 3.8) is 0 Å². The van der Waals surface area contributed by atoms with E-state index in [9.17, 15) is 4.79 Å². The van der Waals surface area contributed by atoms with Crippen LogP contribution in [0.25, 0.3) is 11.1 Å². The predicted octanol–water partition coefficient (Wildman–Crippen LogP) is 2.78. The molecule has 1 aromatic heterocycles. The number of halogens is 1. The van der Waals surface area contributed by atoms with Crippen molar-refractivity contribution in [3.05, 3.63) is 41.0 Å². The van der Waals surface area contributed by atoms with Crippen LogP contribution in [0, 0.1) is 6.92 Å². The van der Waals surface area contributed by atoms with Crippen LogP contribution in [-0.4, -0.2) is 11.0 Å². The van der Waals surface area contributed by atoms with Gasteiger partial charge in [-0.15, -0.1) is 0 Å². The van der Waals surface area contributed by atoms with E-state index >= 15 is 0 Å². The first-order valence-electron chi connectivity index (χ1n) is 5.56. The van der Waals surface area contributed by atoms with Crippen LogP contribution in [0.1, 0.15) is 5.56 Å². The Balaban J connectivity index is 2.46. The molecule has 5 N–H and O–H groups in total. The number of aromatic nitrogens is 1. The smallest absolute Gasteiger partial charge is 0.316 e. The quantitative estimate of drug-likeness (QED) is 0.787. The molecular weight excluding hydrogens is 264 g/mol. The highest BCUT2D eigenvalue weighted by Gasteiger charge is 2.09. The average molecular weight is 277 g/mol. The summed E-state index contributed by atoms with van der Waals surface area (Å²) in [7, 11) is 0. The number of urea groups is 1. The van der Waals surface area contributed by atoms with Gasteiger partial charge in [0.1, 0.15) is 5.82 Å². The lowest BCUT2D eigenvalue weighted by atomic mass is 10.0. The van der Waals surface area contributed by atoms with E-state index in [4.69, 9.17) is 23.1 Å². The number of rotatable bonds is 2. The molecule has 0 fully saturated rings. The van der Waals surface area contributed by atoms with E-state index in [1.54, 1.807) is 12.1 Å². The minimum absolute atomic E-state index is 0.401. The molecule has 0 aliphatic rings. The van der Waals surface area contributed by atoms with Gasteiger partial charge in [-0.2, -0.15) is 0 Å². The number of nitrogens with zero attached hydrogens (tertiary/aromatic N) is 1. The van der Waals surface area contributed by atoms with Gasteiger partial charge in [0.25, 0.3) is 0 Å². The number of benzene rings is 1. The standard InChI is InChI=1S/C13H13ClN4O/c1-7-4-8(18-13(16)19)2-3-9(7)10-5-12(15)17-6-11(10)14/h2-6H,1H3,(H2,15,17)(H3,16,18,19). The van der Waals surface area contributed by atoms with Crippen LogP contribution in [0.5, 0.6) is 0 Å². The van der Waals surface area contributed by atoms with Crippen LogP contribution >= 0.6 is 11.6 Å². The summed E-state index contributed by atoms with van der Waals surface area (Å²) in [6.07, 6.45) is 1.52. The minimum atomic E-state index is -0.599. The van der Waals surface area contributed by atoms with Crippen molar-refractivity contribution in [1.82, 2.24) is 4.98 Å². The number of carbonyl (C=O) groups is 1. The monoisotopic (exact) mass is 276 g/mol. The summed E-state index contributed by atoms with van der Waals surface area (Å²) >= 11 is 6.12. The summed E-state index contributed by atoms with van der Waals surface area (Å²) in [4.78, 5) is 14.7. The number of pyridine rings is 1. The molecule has 19 heavy (non-hydrogen) atoms. The normalized spacial score (nSPS) is 10.2. The third-order valence-corrected chi connectivity index (χ3v) is 2.96. The SMILES string of the molecule is Cc1cc(NC(N)=O)ccc1-c1cc(N)ncc1Cl. The van der Waals surface area contributed by atoms with Gasteiger partial charge in [-0.25, -0.2) is 9.78 Å². The molecule has 98 valence electrons. The van der Waals surface area contributed by atoms with Gasteiger partial charge >= 0.3 is 6.03 Å². The Labute approximate surface area is 115 Å². The zero-order valence-corrected chi connectivity index (χ0v) is 11.0. The fourth-order valence-corrected chi connectivity index (χ4v) is 2.05. The highest BCUT2D eigenvalue weighted by molar-refractivity contribution is 6.33. The molecular formula is C13H13ClN4O. The molecule has 2 amide bonds. The molecule has 0 aliphatic heterocycles. The number of hydrogen-bond donors (Lipinski definition) is 3. The van der Waals surface area contributed by atoms with Crippen molar-refractivity contribution in [2.45, 2.75) is 6.92 Å². The summed E-state index contributed by atoms with van der Waals surface area (Å²) in [5, 5.41) is 3.04. The summed E-state index contributed by atoms with van der Waals surface area (Å²) in [6.45, 7) is 1.91. The van der Waals surface area contributed by atoms with Gasteiger partial charge in [-0.1, -0.05) is 17.7 Å². The first-order valence-corrected chi connectivity index (χ1v) is 5.93. The van der Waals surface area contributed by atoms with Gasteiger partial charge in [0.2, 0.25) is 0 Å². The van der Waals surface area contributed by atoms with Crippen LogP contribution in [0.4, 0.5) is 16.3 Å². The zero-order valence-electron chi connectivity index (χ0n) is 10.3. The van der Waals surface area contributed by atoms with Crippen LogP contribution < -0.4 is 16.8 Å². The van der Waals surface area contributed by atoms with Crippen LogP contribution in [0.15, 0.2) is 30.5 Å². The molecule has 0 unspecified atom stereocenters. The molecule has 0 bridgehead atoms. The Hall–Kier alpha value is -2.27. The topological polar surface area (TPSA) is 94.0 Å². The third-order valence-electron chi connectivity index (χ3n) is 2.66. The van der Waals surface area contributed by atoms with E-state index in [0.29, 0.717) is 16.5 Å². The van der Waals surface area contributed by atoms with Crippen LogP contribution in [0.3, 0.4) is 0 Å². The Morgan fingerprint density at radius 3 is 2.68 bits per heavy atom. The molecule has 5 nitrogen and oxygen atoms in total. The van der Waals surface area contributed by atoms with Crippen molar-refractivity contribution >= 4 is 29.1 Å². The molecule has 1 aromatic carbocycles. The number of hydrogen-bond acceptors (Lipinski definition) is 3. The Morgan fingerprint density at radius 2 is 2.05 bits per heavy atom. The predicted molar refractivity (Wildman–Crippen MR) is 77.0 cm³/mol. The molecule has 0 radical (unpaired) electrons. The highest BCUT2D eigenvalue weighted by Crippen LogP contribution is 2.32.